The molecule has 2 heterocycles. The normalized spacial score (nSPS) is 23.4. The number of likely N-dealkylation sites (tertiary alicyclic amines) is 1. The van der Waals surface area contributed by atoms with Gasteiger partial charge in [0.1, 0.15) is 6.04 Å². The van der Waals surface area contributed by atoms with E-state index in [0.29, 0.717) is 13.0 Å². The van der Waals surface area contributed by atoms with Gasteiger partial charge in [-0.2, -0.15) is 5.26 Å². The van der Waals surface area contributed by atoms with Crippen molar-refractivity contribution in [2.24, 2.45) is 11.8 Å². The lowest BCUT2D eigenvalue weighted by atomic mass is 9.80. The number of benzene rings is 1. The monoisotopic (exact) mass is 453 g/mol. The number of nitrogens with one attached hydrogen (secondary N) is 3. The molecule has 0 aliphatic carbocycles. The predicted octanol–water partition coefficient (Wildman–Crippen LogP) is 2.17. The van der Waals surface area contributed by atoms with Crippen molar-refractivity contribution < 1.29 is 14.4 Å². The van der Waals surface area contributed by atoms with Gasteiger partial charge < -0.3 is 20.9 Å². The molecule has 1 spiro atoms. The Balaban J connectivity index is 1.83. The molecule has 1 saturated heterocycles. The van der Waals surface area contributed by atoms with Gasteiger partial charge in [-0.3, -0.25) is 14.4 Å². The van der Waals surface area contributed by atoms with Crippen LogP contribution in [0.3, 0.4) is 0 Å². The fourth-order valence-electron chi connectivity index (χ4n) is 4.91. The molecule has 33 heavy (non-hydrogen) atoms. The van der Waals surface area contributed by atoms with Gasteiger partial charge in [-0.25, -0.2) is 0 Å². The summed E-state index contributed by atoms with van der Waals surface area (Å²) < 4.78 is 0. The highest BCUT2D eigenvalue weighted by atomic mass is 16.2. The van der Waals surface area contributed by atoms with E-state index in [2.05, 4.69) is 22.0 Å². The number of nitrogens with zero attached hydrogens (tertiary/aromatic N) is 2. The minimum atomic E-state index is -0.897. The summed E-state index contributed by atoms with van der Waals surface area (Å²) in [5.74, 6) is 0.00100. The summed E-state index contributed by atoms with van der Waals surface area (Å²) in [6.07, 6.45) is 0.876. The average Bonchev–Trinajstić information content (AvgIpc) is 3.27. The Morgan fingerprint density at radius 1 is 1.27 bits per heavy atom. The third-order valence-electron chi connectivity index (χ3n) is 6.70. The second-order valence-electron chi connectivity index (χ2n) is 10.0. The maximum Gasteiger partial charge on any atom is 0.240 e. The molecule has 0 saturated carbocycles. The zero-order chi connectivity index (χ0) is 24.3. The maximum absolute atomic E-state index is 13.7. The van der Waals surface area contributed by atoms with Gasteiger partial charge >= 0.3 is 0 Å². The van der Waals surface area contributed by atoms with E-state index in [1.807, 2.05) is 52.0 Å². The molecular formula is C25H35N5O3. The zero-order valence-corrected chi connectivity index (χ0v) is 20.1. The summed E-state index contributed by atoms with van der Waals surface area (Å²) in [6, 6.07) is 8.45. The molecule has 0 aromatic heterocycles. The molecule has 1 fully saturated rings. The highest BCUT2D eigenvalue weighted by Gasteiger charge is 2.56. The first-order valence-electron chi connectivity index (χ1n) is 11.7. The number of para-hydroxylation sites is 1. The van der Waals surface area contributed by atoms with Crippen LogP contribution in [-0.2, 0) is 19.8 Å². The molecule has 1 aromatic rings. The lowest BCUT2D eigenvalue weighted by Crippen LogP contribution is -2.53. The van der Waals surface area contributed by atoms with Gasteiger partial charge in [0.15, 0.2) is 0 Å². The van der Waals surface area contributed by atoms with Gasteiger partial charge in [-0.1, -0.05) is 45.9 Å². The molecule has 8 nitrogen and oxygen atoms in total. The average molecular weight is 454 g/mol. The summed E-state index contributed by atoms with van der Waals surface area (Å²) in [5.41, 5.74) is 0.705. The summed E-state index contributed by atoms with van der Waals surface area (Å²) in [5, 5.41) is 19.1. The molecule has 2 unspecified atom stereocenters. The van der Waals surface area contributed by atoms with Crippen LogP contribution < -0.4 is 16.0 Å². The van der Waals surface area contributed by atoms with Gasteiger partial charge in [-0.05, 0) is 29.9 Å². The van der Waals surface area contributed by atoms with Crippen molar-refractivity contribution in [1.29, 1.82) is 5.26 Å². The number of nitriles is 1. The van der Waals surface area contributed by atoms with Crippen LogP contribution in [0.25, 0.3) is 0 Å². The molecule has 2 aliphatic heterocycles. The van der Waals surface area contributed by atoms with E-state index in [9.17, 15) is 19.6 Å². The van der Waals surface area contributed by atoms with Crippen molar-refractivity contribution in [1.82, 2.24) is 15.5 Å². The molecule has 3 amide bonds. The molecule has 2 aliphatic rings. The first-order chi connectivity index (χ1) is 15.6. The van der Waals surface area contributed by atoms with Crippen molar-refractivity contribution in [3.8, 4) is 6.07 Å². The van der Waals surface area contributed by atoms with Gasteiger partial charge in [-0.15, -0.1) is 0 Å². The molecule has 8 heteroatoms. The van der Waals surface area contributed by atoms with E-state index in [1.54, 1.807) is 4.90 Å². The summed E-state index contributed by atoms with van der Waals surface area (Å²) in [7, 11) is 0. The second kappa shape index (κ2) is 9.92. The first kappa shape index (κ1) is 24.7. The topological polar surface area (TPSA) is 114 Å². The van der Waals surface area contributed by atoms with Gasteiger partial charge in [0, 0.05) is 38.2 Å². The van der Waals surface area contributed by atoms with Gasteiger partial charge in [0.05, 0.1) is 17.5 Å². The Morgan fingerprint density at radius 2 is 1.97 bits per heavy atom. The fourth-order valence-corrected chi connectivity index (χ4v) is 4.91. The van der Waals surface area contributed by atoms with Crippen molar-refractivity contribution in [2.45, 2.75) is 71.0 Å². The molecule has 3 N–H and O–H groups in total. The number of hydrogen-bond donors (Lipinski definition) is 3. The van der Waals surface area contributed by atoms with E-state index in [0.717, 1.165) is 11.3 Å². The van der Waals surface area contributed by atoms with Crippen LogP contribution in [0.5, 0.6) is 0 Å². The van der Waals surface area contributed by atoms with E-state index < -0.39 is 17.5 Å². The maximum atomic E-state index is 13.7. The first-order valence-corrected chi connectivity index (χ1v) is 11.7. The number of hydrogen-bond acceptors (Lipinski definition) is 5. The SMILES string of the molecule is CC(=O)NC(CNC(CC(C)C)C(=O)N1C[C@]2(C[C@H]1C#N)C(=O)Nc1ccccc12)C(C)C. The minimum Gasteiger partial charge on any atom is -0.352 e. The van der Waals surface area contributed by atoms with Crippen molar-refractivity contribution in [3.05, 3.63) is 29.8 Å². The number of carbonyl (C=O) groups is 3. The Hall–Kier alpha value is -2.92. The molecule has 178 valence electrons. The molecular weight excluding hydrogens is 418 g/mol. The van der Waals surface area contributed by atoms with E-state index in [1.165, 1.54) is 6.92 Å². The van der Waals surface area contributed by atoms with Crippen LogP contribution in [-0.4, -0.2) is 53.8 Å². The Labute approximate surface area is 196 Å². The highest BCUT2D eigenvalue weighted by molar-refractivity contribution is 6.07. The Bertz CT molecular complexity index is 954. The van der Waals surface area contributed by atoms with Crippen LogP contribution in [0.2, 0.25) is 0 Å². The molecule has 0 radical (unpaired) electrons. The van der Waals surface area contributed by atoms with Gasteiger partial charge in [0.25, 0.3) is 0 Å². The summed E-state index contributed by atoms with van der Waals surface area (Å²) in [6.45, 7) is 10.2. The quantitative estimate of drug-likeness (QED) is 0.558. The third-order valence-corrected chi connectivity index (χ3v) is 6.70. The summed E-state index contributed by atoms with van der Waals surface area (Å²) in [4.78, 5) is 39.9. The minimum absolute atomic E-state index is 0.112. The largest absolute Gasteiger partial charge is 0.352 e. The van der Waals surface area contributed by atoms with Crippen LogP contribution in [0.1, 0.15) is 53.0 Å². The fraction of sp³-hybridized carbons (Fsp3) is 0.600. The molecule has 3 rings (SSSR count). The second-order valence-corrected chi connectivity index (χ2v) is 10.0. The zero-order valence-electron chi connectivity index (χ0n) is 20.1. The van der Waals surface area contributed by atoms with Crippen LogP contribution in [0.15, 0.2) is 24.3 Å². The van der Waals surface area contributed by atoms with Crippen LogP contribution in [0.4, 0.5) is 5.69 Å². The smallest absolute Gasteiger partial charge is 0.240 e. The summed E-state index contributed by atoms with van der Waals surface area (Å²) >= 11 is 0. The van der Waals surface area contributed by atoms with E-state index in [4.69, 9.17) is 0 Å². The van der Waals surface area contributed by atoms with E-state index in [-0.39, 0.29) is 48.6 Å². The van der Waals surface area contributed by atoms with E-state index >= 15 is 0 Å². The molecule has 4 atom stereocenters. The van der Waals surface area contributed by atoms with Crippen LogP contribution >= 0.6 is 0 Å². The predicted molar refractivity (Wildman–Crippen MR) is 126 cm³/mol. The number of amides is 3. The number of rotatable bonds is 8. The Kier molecular flexibility index (Phi) is 7.43. The number of fused-ring (bicyclic) bond motifs is 2. The van der Waals surface area contributed by atoms with Crippen molar-refractivity contribution in [3.63, 3.8) is 0 Å². The van der Waals surface area contributed by atoms with Crippen LogP contribution in [0, 0.1) is 23.2 Å². The van der Waals surface area contributed by atoms with Gasteiger partial charge in [0.2, 0.25) is 17.7 Å². The van der Waals surface area contributed by atoms with Crippen molar-refractivity contribution >= 4 is 23.4 Å². The molecule has 1 aromatic carbocycles. The third kappa shape index (κ3) is 5.03. The van der Waals surface area contributed by atoms with Crippen molar-refractivity contribution in [2.75, 3.05) is 18.4 Å². The number of carbonyl (C=O) groups excluding carboxylic acids is 3. The lowest BCUT2D eigenvalue weighted by Gasteiger charge is -2.30. The molecule has 0 bridgehead atoms. The standard InChI is InChI=1S/C25H35N5O3/c1-15(2)10-21(27-13-22(16(3)4)28-17(5)31)23(32)30-14-25(11-18(30)12-26)19-8-6-7-9-20(19)29-24(25)33/h6-9,15-16,18,21-22,27H,10-11,13-14H2,1-5H3,(H,28,31)(H,29,33)/t18-,21?,22?,25-/m0/s1. The number of anilines is 1. The Morgan fingerprint density at radius 3 is 2.58 bits per heavy atom. The highest BCUT2D eigenvalue weighted by Crippen LogP contribution is 2.46. The lowest BCUT2D eigenvalue weighted by molar-refractivity contribution is -0.134.